The number of rotatable bonds is 7. The van der Waals surface area contributed by atoms with Crippen molar-refractivity contribution in [1.29, 1.82) is 0 Å². The maximum absolute atomic E-state index is 12.1. The van der Waals surface area contributed by atoms with Crippen molar-refractivity contribution < 1.29 is 19.2 Å². The highest BCUT2D eigenvalue weighted by atomic mass is 16.2. The van der Waals surface area contributed by atoms with E-state index in [9.17, 15) is 19.2 Å². The maximum Gasteiger partial charge on any atom is 0.315 e. The summed E-state index contributed by atoms with van der Waals surface area (Å²) in [4.78, 5) is 53.3. The third kappa shape index (κ3) is 14.1. The third-order valence-corrected chi connectivity index (χ3v) is 9.81. The zero-order valence-electron chi connectivity index (χ0n) is 28.2. The summed E-state index contributed by atoms with van der Waals surface area (Å²) < 4.78 is 0. The van der Waals surface area contributed by atoms with Gasteiger partial charge in [-0.3, -0.25) is 9.59 Å². The molecule has 4 aliphatic rings. The van der Waals surface area contributed by atoms with Crippen LogP contribution < -0.4 is 16.4 Å². The summed E-state index contributed by atoms with van der Waals surface area (Å²) in [7, 11) is 0. The van der Waals surface area contributed by atoms with Gasteiger partial charge in [-0.1, -0.05) is 66.2 Å². The van der Waals surface area contributed by atoms with Gasteiger partial charge in [0.05, 0.1) is 6.04 Å². The van der Waals surface area contributed by atoms with E-state index in [4.69, 9.17) is 5.73 Å². The van der Waals surface area contributed by atoms with Crippen LogP contribution in [0.1, 0.15) is 130 Å². The second-order valence-corrected chi connectivity index (χ2v) is 13.3. The number of carbonyl (C=O) groups excluding carboxylic acids is 4. The van der Waals surface area contributed by atoms with Crippen LogP contribution in [-0.2, 0) is 14.4 Å². The number of urea groups is 1. The third-order valence-electron chi connectivity index (χ3n) is 9.81. The van der Waals surface area contributed by atoms with Crippen LogP contribution in [0.3, 0.4) is 0 Å². The Balaban J connectivity index is 0.000000258. The Morgan fingerprint density at radius 3 is 1.55 bits per heavy atom. The minimum atomic E-state index is -0.0291. The first-order valence-corrected chi connectivity index (χ1v) is 17.6. The first kappa shape index (κ1) is 37.7. The Labute approximate surface area is 266 Å². The number of hydrogen-bond acceptors (Lipinski definition) is 6. The summed E-state index contributed by atoms with van der Waals surface area (Å²) in [5, 5.41) is 6.18. The van der Waals surface area contributed by atoms with Crippen molar-refractivity contribution in [2.24, 2.45) is 22.6 Å². The number of aliphatic imine (C=N–C) groups is 1. The number of nitrogens with one attached hydrogen (secondary N) is 2. The summed E-state index contributed by atoms with van der Waals surface area (Å²) in [5.41, 5.74) is 5.77. The van der Waals surface area contributed by atoms with Gasteiger partial charge in [0.1, 0.15) is 0 Å². The quantitative estimate of drug-likeness (QED) is 0.263. The second kappa shape index (κ2) is 21.3. The maximum atomic E-state index is 12.1. The molecule has 4 amide bonds. The van der Waals surface area contributed by atoms with E-state index in [1.165, 1.54) is 38.5 Å². The average molecular weight is 619 g/mol. The molecule has 0 spiro atoms. The molecule has 2 unspecified atom stereocenters. The van der Waals surface area contributed by atoms with E-state index >= 15 is 0 Å². The van der Waals surface area contributed by atoms with Crippen LogP contribution in [-0.4, -0.2) is 84.1 Å². The van der Waals surface area contributed by atoms with Crippen molar-refractivity contribution in [2.45, 2.75) is 155 Å². The first-order chi connectivity index (χ1) is 21.2. The molecular formula is C34H62N6O4. The van der Waals surface area contributed by atoms with Crippen LogP contribution >= 0.6 is 0 Å². The number of likely N-dealkylation sites (tertiary alicyclic amines) is 2. The van der Waals surface area contributed by atoms with E-state index in [1.807, 2.05) is 30.6 Å². The predicted octanol–water partition coefficient (Wildman–Crippen LogP) is 5.29. The number of isocyanates is 1. The first-order valence-electron chi connectivity index (χ1n) is 17.6. The zero-order chi connectivity index (χ0) is 32.3. The van der Waals surface area contributed by atoms with Crippen molar-refractivity contribution in [3.8, 4) is 0 Å². The summed E-state index contributed by atoms with van der Waals surface area (Å²) in [6, 6.07) is 1.13. The molecule has 0 aromatic rings. The van der Waals surface area contributed by atoms with Crippen LogP contribution in [0.25, 0.3) is 0 Å². The van der Waals surface area contributed by atoms with Gasteiger partial charge in [-0.05, 0) is 64.2 Å². The van der Waals surface area contributed by atoms with Crippen molar-refractivity contribution in [3.63, 3.8) is 0 Å². The molecule has 252 valence electrons. The molecule has 4 rings (SSSR count). The molecule has 2 saturated carbocycles. The summed E-state index contributed by atoms with van der Waals surface area (Å²) >= 11 is 0. The van der Waals surface area contributed by atoms with Gasteiger partial charge in [-0.25, -0.2) is 14.6 Å². The van der Waals surface area contributed by atoms with Gasteiger partial charge in [0, 0.05) is 56.1 Å². The normalized spacial score (nSPS) is 21.8. The Hall–Kier alpha value is -2.45. The Bertz CT molecular complexity index is 882. The lowest BCUT2D eigenvalue weighted by Gasteiger charge is -2.34. The summed E-state index contributed by atoms with van der Waals surface area (Å²) in [6.07, 6.45) is 19.0. The molecule has 2 heterocycles. The van der Waals surface area contributed by atoms with Crippen LogP contribution in [0.15, 0.2) is 4.99 Å². The summed E-state index contributed by atoms with van der Waals surface area (Å²) in [6.45, 7) is 11.3. The molecule has 0 radical (unpaired) electrons. The molecule has 10 heteroatoms. The molecular weight excluding hydrogens is 556 g/mol. The van der Waals surface area contributed by atoms with Gasteiger partial charge < -0.3 is 26.2 Å². The molecule has 4 N–H and O–H groups in total. The molecule has 0 aromatic carbocycles. The zero-order valence-corrected chi connectivity index (χ0v) is 28.2. The second-order valence-electron chi connectivity index (χ2n) is 13.3. The molecule has 2 aliphatic carbocycles. The number of nitrogens with zero attached hydrogens (tertiary/aromatic N) is 3. The lowest BCUT2D eigenvalue weighted by atomic mass is 9.96. The topological polar surface area (TPSA) is 137 Å². The van der Waals surface area contributed by atoms with Gasteiger partial charge in [0.15, 0.2) is 0 Å². The van der Waals surface area contributed by atoms with Crippen molar-refractivity contribution in [1.82, 2.24) is 20.4 Å². The molecule has 10 nitrogen and oxygen atoms in total. The Morgan fingerprint density at radius 2 is 1.11 bits per heavy atom. The molecule has 2 aliphatic heterocycles. The molecule has 44 heavy (non-hydrogen) atoms. The van der Waals surface area contributed by atoms with Gasteiger partial charge in [0.2, 0.25) is 17.9 Å². The van der Waals surface area contributed by atoms with Gasteiger partial charge in [-0.15, -0.1) is 0 Å². The Kier molecular flexibility index (Phi) is 18.3. The minimum absolute atomic E-state index is 0.0291. The highest BCUT2D eigenvalue weighted by Crippen LogP contribution is 2.20. The van der Waals surface area contributed by atoms with E-state index in [0.717, 1.165) is 90.4 Å². The van der Waals surface area contributed by atoms with Crippen LogP contribution in [0.2, 0.25) is 0 Å². The van der Waals surface area contributed by atoms with Gasteiger partial charge in [-0.2, -0.15) is 0 Å². The largest absolute Gasteiger partial charge is 0.342 e. The van der Waals surface area contributed by atoms with E-state index in [0.29, 0.717) is 24.0 Å². The van der Waals surface area contributed by atoms with E-state index < -0.39 is 0 Å². The standard InChI is InChI=1S/C17H31N3O2.C10H20N2O.C7H11NO/c1-3-13(2)16(21)20-11-9-15(10-12-20)19-17(22)18-14-7-5-4-6-8-14;1-3-8(2)10(13)12-6-4-9(11)5-7-12;9-6-8-7-4-2-1-3-5-7/h13-15H,3-12H2,1-2H3,(H2,18,19,22);8-9H,3-7,11H2,1-2H3;7H,1-5H2. The van der Waals surface area contributed by atoms with Crippen molar-refractivity contribution >= 4 is 23.9 Å². The van der Waals surface area contributed by atoms with Crippen LogP contribution in [0.5, 0.6) is 0 Å². The van der Waals surface area contributed by atoms with E-state index in [2.05, 4.69) is 22.5 Å². The fourth-order valence-electron chi connectivity index (χ4n) is 6.28. The van der Waals surface area contributed by atoms with E-state index in [-0.39, 0.29) is 29.8 Å². The molecule has 0 aromatic heterocycles. The highest BCUT2D eigenvalue weighted by molar-refractivity contribution is 5.79. The van der Waals surface area contributed by atoms with Crippen molar-refractivity contribution in [2.75, 3.05) is 26.2 Å². The smallest absolute Gasteiger partial charge is 0.315 e. The van der Waals surface area contributed by atoms with E-state index in [1.54, 1.807) is 6.08 Å². The number of nitrogens with two attached hydrogens (primary N) is 1. The highest BCUT2D eigenvalue weighted by Gasteiger charge is 2.27. The molecule has 0 bridgehead atoms. The number of carbonyl (C=O) groups is 3. The number of amides is 4. The molecule has 2 atom stereocenters. The minimum Gasteiger partial charge on any atom is -0.342 e. The van der Waals surface area contributed by atoms with Crippen molar-refractivity contribution in [3.05, 3.63) is 0 Å². The lowest BCUT2D eigenvalue weighted by Crippen LogP contribution is -2.51. The Morgan fingerprint density at radius 1 is 0.705 bits per heavy atom. The number of piperidine rings is 2. The van der Waals surface area contributed by atoms with Gasteiger partial charge >= 0.3 is 6.03 Å². The fraction of sp³-hybridized carbons (Fsp3) is 0.882. The number of hydrogen-bond donors (Lipinski definition) is 3. The van der Waals surface area contributed by atoms with Gasteiger partial charge in [0.25, 0.3) is 0 Å². The lowest BCUT2D eigenvalue weighted by molar-refractivity contribution is -0.136. The molecule has 2 saturated heterocycles. The average Bonchev–Trinajstić information content (AvgIpc) is 3.05. The molecule has 4 fully saturated rings. The monoisotopic (exact) mass is 618 g/mol. The fourth-order valence-corrected chi connectivity index (χ4v) is 6.28. The predicted molar refractivity (Wildman–Crippen MR) is 176 cm³/mol. The van der Waals surface area contributed by atoms with Crippen LogP contribution in [0, 0.1) is 11.8 Å². The summed E-state index contributed by atoms with van der Waals surface area (Å²) in [5.74, 6) is 0.843. The van der Waals surface area contributed by atoms with Crippen LogP contribution in [0.4, 0.5) is 4.79 Å². The SMILES string of the molecule is CCC(C)C(=O)N1CCC(N)CC1.CCC(C)C(=O)N1CCC(NC(=O)NC2CCCCC2)CC1.O=C=NC1CCCCC1.